The summed E-state index contributed by atoms with van der Waals surface area (Å²) in [4.78, 5) is 19.3. The minimum atomic E-state index is 0.117. The van der Waals surface area contributed by atoms with Crippen LogP contribution in [0.15, 0.2) is 9.72 Å². The molecule has 1 aromatic rings. The van der Waals surface area contributed by atoms with Crippen LogP contribution in [0.2, 0.25) is 0 Å². The van der Waals surface area contributed by atoms with Crippen molar-refractivity contribution in [2.45, 2.75) is 48.9 Å². The molecule has 5 nitrogen and oxygen atoms in total. The van der Waals surface area contributed by atoms with Crippen LogP contribution in [0, 0.1) is 6.92 Å². The number of aromatic nitrogens is 1. The van der Waals surface area contributed by atoms with Gasteiger partial charge in [0.2, 0.25) is 5.91 Å². The Morgan fingerprint density at radius 1 is 1.38 bits per heavy atom. The Morgan fingerprint density at radius 2 is 2.12 bits per heavy atom. The zero-order valence-electron chi connectivity index (χ0n) is 14.4. The second kappa shape index (κ2) is 8.65. The molecule has 1 aromatic heterocycles. The average molecular weight is 370 g/mol. The van der Waals surface area contributed by atoms with E-state index >= 15 is 0 Å². The number of hydrogen-bond donors (Lipinski definition) is 1. The molecule has 2 heterocycles. The Labute approximate surface area is 152 Å². The average Bonchev–Trinajstić information content (AvgIpc) is 3.05. The number of rotatable bonds is 6. The summed E-state index contributed by atoms with van der Waals surface area (Å²) in [7, 11) is 0. The second-order valence-corrected chi connectivity index (χ2v) is 8.79. The van der Waals surface area contributed by atoms with Crippen LogP contribution in [0.5, 0.6) is 0 Å². The fraction of sp³-hybridized carbons (Fsp3) is 0.765. The summed E-state index contributed by atoms with van der Waals surface area (Å²) in [6.07, 6.45) is 6.22. The van der Waals surface area contributed by atoms with Gasteiger partial charge in [0.05, 0.1) is 19.0 Å². The van der Waals surface area contributed by atoms with Crippen LogP contribution in [0.1, 0.15) is 37.8 Å². The SMILES string of the molecule is Cc1csc(SCC(=O)NCC2(N3CCOCC3)CCCCC2)n1. The largest absolute Gasteiger partial charge is 0.379 e. The molecule has 1 saturated carbocycles. The number of aryl methyl sites for hydroxylation is 1. The lowest BCUT2D eigenvalue weighted by Crippen LogP contribution is -2.59. The third kappa shape index (κ3) is 4.71. The number of amides is 1. The van der Waals surface area contributed by atoms with E-state index in [1.807, 2.05) is 12.3 Å². The van der Waals surface area contributed by atoms with Crippen LogP contribution in [0.25, 0.3) is 0 Å². The lowest BCUT2D eigenvalue weighted by atomic mass is 9.79. The number of hydrogen-bond acceptors (Lipinski definition) is 6. The van der Waals surface area contributed by atoms with Gasteiger partial charge < -0.3 is 10.1 Å². The van der Waals surface area contributed by atoms with Crippen molar-refractivity contribution in [3.8, 4) is 0 Å². The summed E-state index contributed by atoms with van der Waals surface area (Å²) < 4.78 is 6.49. The van der Waals surface area contributed by atoms with Crippen molar-refractivity contribution in [1.82, 2.24) is 15.2 Å². The summed E-state index contributed by atoms with van der Waals surface area (Å²) in [5, 5.41) is 5.23. The Bertz CT molecular complexity index is 538. The molecule has 2 fully saturated rings. The standard InChI is InChI=1S/C17H27N3O2S2/c1-14-11-23-16(19-14)24-12-15(21)18-13-17(5-3-2-4-6-17)20-7-9-22-10-8-20/h11H,2-10,12-13H2,1H3,(H,18,21). The van der Waals surface area contributed by atoms with E-state index in [-0.39, 0.29) is 11.4 Å². The normalized spacial score (nSPS) is 21.5. The van der Waals surface area contributed by atoms with Crippen LogP contribution >= 0.6 is 23.1 Å². The highest BCUT2D eigenvalue weighted by molar-refractivity contribution is 8.01. The topological polar surface area (TPSA) is 54.5 Å². The van der Waals surface area contributed by atoms with E-state index in [9.17, 15) is 4.79 Å². The third-order valence-corrected chi connectivity index (χ3v) is 7.14. The van der Waals surface area contributed by atoms with Crippen molar-refractivity contribution in [2.24, 2.45) is 0 Å². The van der Waals surface area contributed by atoms with Crippen molar-refractivity contribution < 1.29 is 9.53 Å². The predicted octanol–water partition coefficient (Wildman–Crippen LogP) is 2.69. The van der Waals surface area contributed by atoms with Gasteiger partial charge in [-0.3, -0.25) is 9.69 Å². The summed E-state index contributed by atoms with van der Waals surface area (Å²) in [5.41, 5.74) is 1.16. The monoisotopic (exact) mass is 369 g/mol. The first-order valence-electron chi connectivity index (χ1n) is 8.82. The van der Waals surface area contributed by atoms with Crippen LogP contribution < -0.4 is 5.32 Å². The quantitative estimate of drug-likeness (QED) is 0.782. The Balaban J connectivity index is 1.51. The lowest BCUT2D eigenvalue weighted by Gasteiger charge is -2.48. The number of morpholine rings is 1. The number of thioether (sulfide) groups is 1. The predicted molar refractivity (Wildman–Crippen MR) is 98.8 cm³/mol. The molecular weight excluding hydrogens is 342 g/mol. The minimum Gasteiger partial charge on any atom is -0.379 e. The van der Waals surface area contributed by atoms with E-state index in [1.54, 1.807) is 11.3 Å². The molecule has 134 valence electrons. The maximum absolute atomic E-state index is 12.3. The van der Waals surface area contributed by atoms with Crippen LogP contribution in [0.3, 0.4) is 0 Å². The van der Waals surface area contributed by atoms with E-state index in [4.69, 9.17) is 4.74 Å². The molecule has 3 rings (SSSR count). The van der Waals surface area contributed by atoms with Gasteiger partial charge in [0.1, 0.15) is 0 Å². The Morgan fingerprint density at radius 3 is 2.79 bits per heavy atom. The van der Waals surface area contributed by atoms with Gasteiger partial charge in [0.25, 0.3) is 0 Å². The molecule has 0 radical (unpaired) electrons. The van der Waals surface area contributed by atoms with Crippen molar-refractivity contribution in [1.29, 1.82) is 0 Å². The van der Waals surface area contributed by atoms with Crippen LogP contribution in [0.4, 0.5) is 0 Å². The molecular formula is C17H27N3O2S2. The first-order chi connectivity index (χ1) is 11.7. The molecule has 1 N–H and O–H groups in total. The van der Waals surface area contributed by atoms with Gasteiger partial charge in [-0.1, -0.05) is 31.0 Å². The van der Waals surface area contributed by atoms with Gasteiger partial charge >= 0.3 is 0 Å². The molecule has 2 aliphatic rings. The number of nitrogens with zero attached hydrogens (tertiary/aromatic N) is 2. The number of carbonyl (C=O) groups excluding carboxylic acids is 1. The molecule has 0 atom stereocenters. The van der Waals surface area contributed by atoms with Crippen molar-refractivity contribution in [2.75, 3.05) is 38.6 Å². The van der Waals surface area contributed by atoms with Crippen molar-refractivity contribution in [3.05, 3.63) is 11.1 Å². The van der Waals surface area contributed by atoms with Gasteiger partial charge in [-0.15, -0.1) is 11.3 Å². The first kappa shape index (κ1) is 18.2. The summed E-state index contributed by atoms with van der Waals surface area (Å²) >= 11 is 3.14. The zero-order chi connectivity index (χ0) is 16.8. The van der Waals surface area contributed by atoms with E-state index in [0.717, 1.165) is 42.9 Å². The fourth-order valence-electron chi connectivity index (χ4n) is 3.69. The lowest BCUT2D eigenvalue weighted by molar-refractivity contribution is -0.119. The van der Waals surface area contributed by atoms with E-state index in [1.165, 1.54) is 43.9 Å². The summed E-state index contributed by atoms with van der Waals surface area (Å²) in [5.74, 6) is 0.567. The number of thiazole rings is 1. The van der Waals surface area contributed by atoms with Gasteiger partial charge in [-0.05, 0) is 19.8 Å². The highest BCUT2D eigenvalue weighted by atomic mass is 32.2. The molecule has 0 unspecified atom stereocenters. The van der Waals surface area contributed by atoms with Crippen LogP contribution in [-0.2, 0) is 9.53 Å². The van der Waals surface area contributed by atoms with Gasteiger partial charge in [0.15, 0.2) is 4.34 Å². The maximum Gasteiger partial charge on any atom is 0.230 e. The van der Waals surface area contributed by atoms with E-state index < -0.39 is 0 Å². The molecule has 24 heavy (non-hydrogen) atoms. The number of nitrogens with one attached hydrogen (secondary N) is 1. The molecule has 0 spiro atoms. The molecule has 0 bridgehead atoms. The van der Waals surface area contributed by atoms with Gasteiger partial charge in [-0.25, -0.2) is 4.98 Å². The van der Waals surface area contributed by atoms with E-state index in [0.29, 0.717) is 5.75 Å². The van der Waals surface area contributed by atoms with Gasteiger partial charge in [-0.2, -0.15) is 0 Å². The van der Waals surface area contributed by atoms with Crippen LogP contribution in [-0.4, -0.2) is 59.9 Å². The summed E-state index contributed by atoms with van der Waals surface area (Å²) in [6.45, 7) is 6.36. The highest BCUT2D eigenvalue weighted by Crippen LogP contribution is 2.34. The molecule has 1 saturated heterocycles. The van der Waals surface area contributed by atoms with Crippen molar-refractivity contribution in [3.63, 3.8) is 0 Å². The van der Waals surface area contributed by atoms with Crippen molar-refractivity contribution >= 4 is 29.0 Å². The Hall–Kier alpha value is -0.630. The zero-order valence-corrected chi connectivity index (χ0v) is 16.0. The first-order valence-corrected chi connectivity index (χ1v) is 10.7. The molecule has 7 heteroatoms. The minimum absolute atomic E-state index is 0.117. The number of ether oxygens (including phenoxy) is 1. The molecule has 1 amide bonds. The smallest absolute Gasteiger partial charge is 0.230 e. The molecule has 1 aliphatic carbocycles. The molecule has 1 aliphatic heterocycles. The summed E-state index contributed by atoms with van der Waals surface area (Å²) in [6, 6.07) is 0. The van der Waals surface area contributed by atoms with E-state index in [2.05, 4.69) is 15.2 Å². The fourth-order valence-corrected chi connectivity index (χ4v) is 5.37. The maximum atomic E-state index is 12.3. The Kier molecular flexibility index (Phi) is 6.55. The second-order valence-electron chi connectivity index (χ2n) is 6.70. The third-order valence-electron chi connectivity index (χ3n) is 5.01. The number of carbonyl (C=O) groups is 1. The molecule has 0 aromatic carbocycles. The van der Waals surface area contributed by atoms with Gasteiger partial charge in [0, 0.05) is 36.2 Å². The highest BCUT2D eigenvalue weighted by Gasteiger charge is 2.38.